The summed E-state index contributed by atoms with van der Waals surface area (Å²) in [5.41, 5.74) is 2.97. The Hall–Kier alpha value is -2.54. The van der Waals surface area contributed by atoms with Gasteiger partial charge in [-0.25, -0.2) is 14.4 Å². The molecule has 0 N–H and O–H groups in total. The fourth-order valence-corrected chi connectivity index (χ4v) is 3.90. The Morgan fingerprint density at radius 2 is 1.79 bits per heavy atom. The summed E-state index contributed by atoms with van der Waals surface area (Å²) in [6, 6.07) is 6.15. The van der Waals surface area contributed by atoms with Gasteiger partial charge in [-0.2, -0.15) is 0 Å². The molecule has 3 heterocycles. The van der Waals surface area contributed by atoms with E-state index >= 15 is 0 Å². The van der Waals surface area contributed by atoms with Crippen LogP contribution < -0.4 is 4.90 Å². The highest BCUT2D eigenvalue weighted by atomic mass is 19.1. The molecule has 0 bridgehead atoms. The summed E-state index contributed by atoms with van der Waals surface area (Å²) in [5, 5.41) is 0. The fraction of sp³-hybridized carbons (Fsp3) is 0.476. The summed E-state index contributed by atoms with van der Waals surface area (Å²) in [5.74, 6) is 1.54. The lowest BCUT2D eigenvalue weighted by Crippen LogP contribution is -2.46. The van der Waals surface area contributed by atoms with Gasteiger partial charge in [0, 0.05) is 44.7 Å². The molecule has 2 aliphatic rings. The number of aryl methyl sites for hydroxylation is 1. The van der Waals surface area contributed by atoms with Crippen LogP contribution in [0, 0.1) is 12.7 Å². The molecule has 1 fully saturated rings. The van der Waals surface area contributed by atoms with E-state index < -0.39 is 0 Å². The molecular weight excluding hydrogens is 357 g/mol. The first-order valence-electron chi connectivity index (χ1n) is 9.81. The van der Waals surface area contributed by atoms with E-state index in [9.17, 15) is 9.18 Å². The maximum absolute atomic E-state index is 13.1. The number of nitrogens with zero attached hydrogens (tertiary/aromatic N) is 5. The van der Waals surface area contributed by atoms with Gasteiger partial charge >= 0.3 is 0 Å². The van der Waals surface area contributed by atoms with Crippen molar-refractivity contribution in [2.75, 3.05) is 44.7 Å². The van der Waals surface area contributed by atoms with Crippen LogP contribution in [0.2, 0.25) is 0 Å². The van der Waals surface area contributed by atoms with Crippen LogP contribution in [0.4, 0.5) is 10.2 Å². The number of amides is 1. The van der Waals surface area contributed by atoms with Crippen molar-refractivity contribution in [2.45, 2.75) is 26.3 Å². The summed E-state index contributed by atoms with van der Waals surface area (Å²) in [7, 11) is 2.13. The molecule has 1 aromatic carbocycles. The van der Waals surface area contributed by atoms with E-state index in [-0.39, 0.29) is 18.1 Å². The number of fused-ring (bicyclic) bond motifs is 1. The number of anilines is 1. The number of piperazine rings is 1. The monoisotopic (exact) mass is 383 g/mol. The number of carbonyl (C=O) groups is 1. The van der Waals surface area contributed by atoms with Crippen molar-refractivity contribution in [2.24, 2.45) is 0 Å². The van der Waals surface area contributed by atoms with Crippen LogP contribution in [0.15, 0.2) is 24.3 Å². The van der Waals surface area contributed by atoms with Gasteiger partial charge < -0.3 is 14.7 Å². The molecule has 2 aromatic rings. The smallest absolute Gasteiger partial charge is 0.227 e. The van der Waals surface area contributed by atoms with Gasteiger partial charge in [0.05, 0.1) is 18.7 Å². The van der Waals surface area contributed by atoms with Gasteiger partial charge in [-0.15, -0.1) is 0 Å². The Labute approximate surface area is 165 Å². The summed E-state index contributed by atoms with van der Waals surface area (Å²) in [6.45, 7) is 7.01. The van der Waals surface area contributed by atoms with Gasteiger partial charge in [0.15, 0.2) is 0 Å². The van der Waals surface area contributed by atoms with Crippen molar-refractivity contribution in [3.63, 3.8) is 0 Å². The average molecular weight is 383 g/mol. The van der Waals surface area contributed by atoms with Gasteiger partial charge in [0.25, 0.3) is 0 Å². The Bertz CT molecular complexity index is 862. The maximum atomic E-state index is 13.1. The number of hydrogen-bond acceptors (Lipinski definition) is 5. The van der Waals surface area contributed by atoms with E-state index in [4.69, 9.17) is 4.98 Å². The fourth-order valence-electron chi connectivity index (χ4n) is 3.90. The molecule has 1 amide bonds. The second kappa shape index (κ2) is 7.83. The van der Waals surface area contributed by atoms with E-state index in [1.54, 1.807) is 12.1 Å². The van der Waals surface area contributed by atoms with Crippen LogP contribution in [0.1, 0.15) is 22.6 Å². The molecule has 4 rings (SSSR count). The third-order valence-corrected chi connectivity index (χ3v) is 5.57. The first-order chi connectivity index (χ1) is 13.5. The molecule has 28 heavy (non-hydrogen) atoms. The zero-order valence-corrected chi connectivity index (χ0v) is 16.5. The van der Waals surface area contributed by atoms with Crippen molar-refractivity contribution < 1.29 is 9.18 Å². The van der Waals surface area contributed by atoms with Crippen LogP contribution in [0.5, 0.6) is 0 Å². The van der Waals surface area contributed by atoms with Crippen LogP contribution >= 0.6 is 0 Å². The summed E-state index contributed by atoms with van der Waals surface area (Å²) in [6.07, 6.45) is 1.03. The molecule has 148 valence electrons. The van der Waals surface area contributed by atoms with Crippen LogP contribution in [-0.2, 0) is 24.2 Å². The minimum atomic E-state index is -0.285. The van der Waals surface area contributed by atoms with E-state index in [1.807, 2.05) is 11.8 Å². The number of aromatic nitrogens is 2. The largest absolute Gasteiger partial charge is 0.354 e. The molecule has 0 atom stereocenters. The van der Waals surface area contributed by atoms with E-state index in [2.05, 4.69) is 21.8 Å². The lowest BCUT2D eigenvalue weighted by molar-refractivity contribution is -0.131. The predicted octanol–water partition coefficient (Wildman–Crippen LogP) is 1.80. The van der Waals surface area contributed by atoms with Gasteiger partial charge in [-0.05, 0) is 31.7 Å². The zero-order valence-electron chi connectivity index (χ0n) is 16.5. The molecule has 0 radical (unpaired) electrons. The first-order valence-corrected chi connectivity index (χ1v) is 9.81. The van der Waals surface area contributed by atoms with E-state index in [1.165, 1.54) is 12.1 Å². The highest BCUT2D eigenvalue weighted by molar-refractivity contribution is 5.79. The quantitative estimate of drug-likeness (QED) is 0.809. The molecule has 2 aliphatic heterocycles. The molecular formula is C21H26FN5O. The van der Waals surface area contributed by atoms with Gasteiger partial charge in [0.1, 0.15) is 17.5 Å². The molecule has 0 spiro atoms. The maximum Gasteiger partial charge on any atom is 0.227 e. The van der Waals surface area contributed by atoms with Crippen LogP contribution in [0.25, 0.3) is 0 Å². The molecule has 0 unspecified atom stereocenters. The molecule has 1 saturated heterocycles. The van der Waals surface area contributed by atoms with Gasteiger partial charge in [-0.3, -0.25) is 4.79 Å². The third-order valence-electron chi connectivity index (χ3n) is 5.57. The number of rotatable bonds is 3. The normalized spacial score (nSPS) is 17.5. The number of benzene rings is 1. The Morgan fingerprint density at radius 1 is 1.07 bits per heavy atom. The van der Waals surface area contributed by atoms with Crippen molar-refractivity contribution in [1.82, 2.24) is 19.8 Å². The number of likely N-dealkylation sites (N-methyl/N-ethyl adjacent to an activating group) is 1. The summed E-state index contributed by atoms with van der Waals surface area (Å²) < 4.78 is 13.1. The van der Waals surface area contributed by atoms with E-state index in [0.717, 1.165) is 61.1 Å². The first kappa shape index (κ1) is 18.8. The Morgan fingerprint density at radius 3 is 2.50 bits per heavy atom. The second-order valence-corrected chi connectivity index (χ2v) is 7.68. The standard InChI is InChI=1S/C21H26FN5O/c1-15-23-19-7-8-27(20(28)13-16-3-5-17(22)6-4-16)14-18(19)21(24-15)26-11-9-25(2)10-12-26/h3-6H,7-14H2,1-2H3. The van der Waals surface area contributed by atoms with E-state index in [0.29, 0.717) is 13.1 Å². The van der Waals surface area contributed by atoms with Crippen molar-refractivity contribution in [1.29, 1.82) is 0 Å². The number of hydrogen-bond donors (Lipinski definition) is 0. The second-order valence-electron chi connectivity index (χ2n) is 7.68. The molecule has 1 aromatic heterocycles. The SMILES string of the molecule is Cc1nc2c(c(N3CCN(C)CC3)n1)CN(C(=O)Cc1ccc(F)cc1)CC2. The minimum absolute atomic E-state index is 0.0576. The Kier molecular flexibility index (Phi) is 5.26. The van der Waals surface area contributed by atoms with Crippen molar-refractivity contribution >= 4 is 11.7 Å². The average Bonchev–Trinajstić information content (AvgIpc) is 2.69. The Balaban J connectivity index is 1.53. The highest BCUT2D eigenvalue weighted by Gasteiger charge is 2.28. The molecule has 6 nitrogen and oxygen atoms in total. The zero-order chi connectivity index (χ0) is 19.7. The van der Waals surface area contributed by atoms with Crippen LogP contribution in [-0.4, -0.2) is 65.4 Å². The van der Waals surface area contributed by atoms with Crippen molar-refractivity contribution in [3.05, 3.63) is 52.7 Å². The lowest BCUT2D eigenvalue weighted by atomic mass is 10.0. The summed E-state index contributed by atoms with van der Waals surface area (Å²) in [4.78, 5) is 28.7. The molecule has 0 aliphatic carbocycles. The van der Waals surface area contributed by atoms with Gasteiger partial charge in [0.2, 0.25) is 5.91 Å². The van der Waals surface area contributed by atoms with Gasteiger partial charge in [-0.1, -0.05) is 12.1 Å². The third kappa shape index (κ3) is 3.99. The predicted molar refractivity (Wildman–Crippen MR) is 106 cm³/mol. The molecule has 7 heteroatoms. The highest BCUT2D eigenvalue weighted by Crippen LogP contribution is 2.28. The summed E-state index contributed by atoms with van der Waals surface area (Å²) >= 11 is 0. The molecule has 0 saturated carbocycles. The minimum Gasteiger partial charge on any atom is -0.354 e. The topological polar surface area (TPSA) is 52.6 Å². The lowest BCUT2D eigenvalue weighted by Gasteiger charge is -2.37. The number of carbonyl (C=O) groups excluding carboxylic acids is 1. The van der Waals surface area contributed by atoms with Crippen molar-refractivity contribution in [3.8, 4) is 0 Å². The number of halogens is 1. The van der Waals surface area contributed by atoms with Crippen LogP contribution in [0.3, 0.4) is 0 Å².